The molecule has 1 N–H and O–H groups in total. The molecule has 2 aromatic carbocycles. The van der Waals surface area contributed by atoms with Crippen LogP contribution >= 0.6 is 0 Å². The molecule has 2 aromatic rings. The average Bonchev–Trinajstić information content (AvgIpc) is 2.60. The van der Waals surface area contributed by atoms with E-state index in [0.29, 0.717) is 17.1 Å². The van der Waals surface area contributed by atoms with Crippen molar-refractivity contribution in [2.75, 3.05) is 14.2 Å². The van der Waals surface area contributed by atoms with E-state index in [9.17, 15) is 18.5 Å². The SMILES string of the molecule is COc1ccc([C@@H](C)NS(=O)(=O)c2ccccc2[N+](=O)[O-])cc1OC. The molecular formula is C16H18N2O6S. The Kier molecular flexibility index (Phi) is 5.60. The summed E-state index contributed by atoms with van der Waals surface area (Å²) in [5.41, 5.74) is 0.148. The zero-order valence-corrected chi connectivity index (χ0v) is 14.7. The second-order valence-electron chi connectivity index (χ2n) is 5.18. The first kappa shape index (κ1) is 18.7. The minimum Gasteiger partial charge on any atom is -0.493 e. The molecule has 0 fully saturated rings. The quantitative estimate of drug-likeness (QED) is 0.596. The van der Waals surface area contributed by atoms with E-state index in [1.54, 1.807) is 25.1 Å². The Morgan fingerprint density at radius 3 is 2.32 bits per heavy atom. The van der Waals surface area contributed by atoms with Gasteiger partial charge in [0.2, 0.25) is 10.0 Å². The second-order valence-corrected chi connectivity index (χ2v) is 6.86. The lowest BCUT2D eigenvalue weighted by Crippen LogP contribution is -2.27. The summed E-state index contributed by atoms with van der Waals surface area (Å²) in [6, 6.07) is 9.54. The first-order valence-electron chi connectivity index (χ1n) is 7.28. The van der Waals surface area contributed by atoms with Gasteiger partial charge in [-0.15, -0.1) is 0 Å². The number of ether oxygens (including phenoxy) is 2. The Morgan fingerprint density at radius 1 is 1.08 bits per heavy atom. The summed E-state index contributed by atoms with van der Waals surface area (Å²) in [7, 11) is -1.11. The minimum absolute atomic E-state index is 0.382. The number of rotatable bonds is 7. The Morgan fingerprint density at radius 2 is 1.72 bits per heavy atom. The lowest BCUT2D eigenvalue weighted by atomic mass is 10.1. The Labute approximate surface area is 145 Å². The first-order valence-corrected chi connectivity index (χ1v) is 8.76. The van der Waals surface area contributed by atoms with Crippen molar-refractivity contribution >= 4 is 15.7 Å². The summed E-state index contributed by atoms with van der Waals surface area (Å²) in [4.78, 5) is 9.95. The van der Waals surface area contributed by atoms with E-state index in [4.69, 9.17) is 9.47 Å². The largest absolute Gasteiger partial charge is 0.493 e. The molecule has 0 heterocycles. The van der Waals surface area contributed by atoms with Gasteiger partial charge in [0.25, 0.3) is 5.69 Å². The molecule has 9 heteroatoms. The van der Waals surface area contributed by atoms with Crippen LogP contribution in [0.15, 0.2) is 47.4 Å². The summed E-state index contributed by atoms with van der Waals surface area (Å²) >= 11 is 0. The standard InChI is InChI=1S/C16H18N2O6S/c1-11(12-8-9-14(23-2)15(10-12)24-3)17-25(21,22)16-7-5-4-6-13(16)18(19)20/h4-11,17H,1-3H3/t11-/m1/s1. The second kappa shape index (κ2) is 7.49. The molecule has 0 spiro atoms. The van der Waals surface area contributed by atoms with Gasteiger partial charge in [-0.05, 0) is 30.7 Å². The summed E-state index contributed by atoms with van der Waals surface area (Å²) in [5.74, 6) is 0.969. The van der Waals surface area contributed by atoms with E-state index in [1.165, 1.54) is 32.4 Å². The van der Waals surface area contributed by atoms with Crippen LogP contribution in [-0.2, 0) is 10.0 Å². The maximum absolute atomic E-state index is 12.5. The zero-order valence-electron chi connectivity index (χ0n) is 13.9. The number of hydrogen-bond acceptors (Lipinski definition) is 6. The van der Waals surface area contributed by atoms with Crippen LogP contribution in [0.4, 0.5) is 5.69 Å². The molecular weight excluding hydrogens is 348 g/mol. The van der Waals surface area contributed by atoms with Crippen LogP contribution in [0.25, 0.3) is 0 Å². The molecule has 0 aromatic heterocycles. The lowest BCUT2D eigenvalue weighted by Gasteiger charge is -2.16. The Bertz CT molecular complexity index is 882. The topological polar surface area (TPSA) is 108 Å². The zero-order chi connectivity index (χ0) is 18.6. The summed E-state index contributed by atoms with van der Waals surface area (Å²) in [6.45, 7) is 1.63. The third-order valence-electron chi connectivity index (χ3n) is 3.59. The fraction of sp³-hybridized carbons (Fsp3) is 0.250. The number of nitro groups is 1. The van der Waals surface area contributed by atoms with Crippen LogP contribution in [0.1, 0.15) is 18.5 Å². The highest BCUT2D eigenvalue weighted by atomic mass is 32.2. The lowest BCUT2D eigenvalue weighted by molar-refractivity contribution is -0.387. The normalized spacial score (nSPS) is 12.4. The van der Waals surface area contributed by atoms with Gasteiger partial charge >= 0.3 is 0 Å². The van der Waals surface area contributed by atoms with Crippen molar-refractivity contribution in [2.24, 2.45) is 0 Å². The van der Waals surface area contributed by atoms with Crippen molar-refractivity contribution in [3.8, 4) is 11.5 Å². The smallest absolute Gasteiger partial charge is 0.289 e. The van der Waals surface area contributed by atoms with E-state index in [-0.39, 0.29) is 4.90 Å². The molecule has 0 aliphatic rings. The predicted molar refractivity (Wildman–Crippen MR) is 91.4 cm³/mol. The molecule has 134 valence electrons. The highest BCUT2D eigenvalue weighted by molar-refractivity contribution is 7.89. The van der Waals surface area contributed by atoms with Crippen molar-refractivity contribution in [1.82, 2.24) is 4.72 Å². The third kappa shape index (κ3) is 4.06. The fourth-order valence-corrected chi connectivity index (χ4v) is 3.73. The van der Waals surface area contributed by atoms with Gasteiger partial charge in [0.05, 0.1) is 19.1 Å². The number of hydrogen-bond donors (Lipinski definition) is 1. The maximum atomic E-state index is 12.5. The molecule has 2 rings (SSSR count). The number of benzene rings is 2. The molecule has 0 radical (unpaired) electrons. The maximum Gasteiger partial charge on any atom is 0.289 e. The number of methoxy groups -OCH3 is 2. The molecule has 0 unspecified atom stereocenters. The molecule has 25 heavy (non-hydrogen) atoms. The first-order chi connectivity index (χ1) is 11.8. The van der Waals surface area contributed by atoms with Crippen LogP contribution in [0.3, 0.4) is 0 Å². The van der Waals surface area contributed by atoms with Gasteiger partial charge in [-0.3, -0.25) is 10.1 Å². The van der Waals surface area contributed by atoms with Crippen LogP contribution in [0, 0.1) is 10.1 Å². The van der Waals surface area contributed by atoms with E-state index in [0.717, 1.165) is 6.07 Å². The highest BCUT2D eigenvalue weighted by Crippen LogP contribution is 2.31. The van der Waals surface area contributed by atoms with Crippen molar-refractivity contribution in [3.63, 3.8) is 0 Å². The van der Waals surface area contributed by atoms with Gasteiger partial charge in [-0.25, -0.2) is 13.1 Å². The van der Waals surface area contributed by atoms with Crippen molar-refractivity contribution in [2.45, 2.75) is 17.9 Å². The number of nitrogens with zero attached hydrogens (tertiary/aromatic N) is 1. The summed E-state index contributed by atoms with van der Waals surface area (Å²) in [5, 5.41) is 11.1. The molecule has 0 saturated heterocycles. The summed E-state index contributed by atoms with van der Waals surface area (Å²) < 4.78 is 37.9. The highest BCUT2D eigenvalue weighted by Gasteiger charge is 2.27. The van der Waals surface area contributed by atoms with Crippen molar-refractivity contribution < 1.29 is 22.8 Å². The van der Waals surface area contributed by atoms with Crippen molar-refractivity contribution in [3.05, 3.63) is 58.1 Å². The van der Waals surface area contributed by atoms with E-state index in [2.05, 4.69) is 4.72 Å². The van der Waals surface area contributed by atoms with Gasteiger partial charge in [-0.2, -0.15) is 0 Å². The molecule has 0 aliphatic carbocycles. The Hall–Kier alpha value is -2.65. The molecule has 1 atom stereocenters. The van der Waals surface area contributed by atoms with Crippen molar-refractivity contribution in [1.29, 1.82) is 0 Å². The van der Waals surface area contributed by atoms with Crippen LogP contribution in [-0.4, -0.2) is 27.6 Å². The van der Waals surface area contributed by atoms with E-state index < -0.39 is 26.7 Å². The van der Waals surface area contributed by atoms with Gasteiger partial charge in [0.1, 0.15) is 0 Å². The van der Waals surface area contributed by atoms with Gasteiger partial charge in [0, 0.05) is 12.1 Å². The molecule has 8 nitrogen and oxygen atoms in total. The van der Waals surface area contributed by atoms with Gasteiger partial charge in [0.15, 0.2) is 16.4 Å². The minimum atomic E-state index is -4.08. The fourth-order valence-electron chi connectivity index (χ4n) is 2.32. The van der Waals surface area contributed by atoms with Crippen LogP contribution in [0.2, 0.25) is 0 Å². The number of nitrogens with one attached hydrogen (secondary N) is 1. The van der Waals surface area contributed by atoms with Crippen LogP contribution in [0.5, 0.6) is 11.5 Å². The molecule has 0 saturated carbocycles. The molecule has 0 bridgehead atoms. The monoisotopic (exact) mass is 366 g/mol. The number of nitro benzene ring substituents is 1. The number of sulfonamides is 1. The van der Waals surface area contributed by atoms with E-state index in [1.807, 2.05) is 0 Å². The Balaban J connectivity index is 2.34. The van der Waals surface area contributed by atoms with Gasteiger partial charge < -0.3 is 9.47 Å². The number of para-hydroxylation sites is 1. The van der Waals surface area contributed by atoms with Crippen LogP contribution < -0.4 is 14.2 Å². The summed E-state index contributed by atoms with van der Waals surface area (Å²) in [6.07, 6.45) is 0. The van der Waals surface area contributed by atoms with E-state index >= 15 is 0 Å². The molecule has 0 amide bonds. The molecule has 0 aliphatic heterocycles. The van der Waals surface area contributed by atoms with Gasteiger partial charge in [-0.1, -0.05) is 18.2 Å². The third-order valence-corrected chi connectivity index (χ3v) is 5.18. The predicted octanol–water partition coefficient (Wildman–Crippen LogP) is 2.65. The average molecular weight is 366 g/mol.